The van der Waals surface area contributed by atoms with Gasteiger partial charge in [0, 0.05) is 16.3 Å². The Morgan fingerprint density at radius 1 is 0.600 bits per heavy atom. The van der Waals surface area contributed by atoms with Crippen LogP contribution >= 0.6 is 7.14 Å². The van der Waals surface area contributed by atoms with Gasteiger partial charge in [0.05, 0.1) is 18.5 Å². The van der Waals surface area contributed by atoms with Gasteiger partial charge in [-0.05, 0) is 27.5 Å². The van der Waals surface area contributed by atoms with Gasteiger partial charge in [-0.15, -0.1) is 0 Å². The first-order valence-electron chi connectivity index (χ1n) is 13.7. The van der Waals surface area contributed by atoms with E-state index in [1.165, 1.54) is 10.4 Å². The minimum absolute atomic E-state index is 0.121. The predicted molar refractivity (Wildman–Crippen MR) is 170 cm³/mol. The Morgan fingerprint density at radius 3 is 1.48 bits per heavy atom. The maximum absolute atomic E-state index is 14.7. The summed E-state index contributed by atoms with van der Waals surface area (Å²) in [6, 6.07) is 46.9. The molecule has 5 aromatic rings. The van der Waals surface area contributed by atoms with Crippen molar-refractivity contribution in [3.05, 3.63) is 151 Å². The molecule has 1 aromatic heterocycles. The highest BCUT2D eigenvalue weighted by atomic mass is 31.2. The molecule has 3 nitrogen and oxygen atoms in total. The Hall–Kier alpha value is -3.56. The SMILES string of the molecule is CC(C)(C)[Si](OCc1cccc(CP(=O)(c2ccccc2)c2ccccc2)n1)(c1ccccc1)c1ccccc1. The molecule has 0 unspecified atom stereocenters. The maximum Gasteiger partial charge on any atom is 0.261 e. The van der Waals surface area contributed by atoms with Crippen LogP contribution < -0.4 is 21.0 Å². The molecule has 202 valence electrons. The summed E-state index contributed by atoms with van der Waals surface area (Å²) < 4.78 is 21.8. The van der Waals surface area contributed by atoms with E-state index in [1.54, 1.807) is 0 Å². The molecular formula is C35H36NO2PSi. The lowest BCUT2D eigenvalue weighted by molar-refractivity contribution is 0.281. The van der Waals surface area contributed by atoms with E-state index in [-0.39, 0.29) is 5.04 Å². The summed E-state index contributed by atoms with van der Waals surface area (Å²) in [5, 5.41) is 4.04. The predicted octanol–water partition coefficient (Wildman–Crippen LogP) is 6.67. The molecule has 5 heteroatoms. The monoisotopic (exact) mass is 561 g/mol. The first-order valence-corrected chi connectivity index (χ1v) is 17.5. The maximum atomic E-state index is 14.7. The van der Waals surface area contributed by atoms with Gasteiger partial charge in [-0.25, -0.2) is 0 Å². The van der Waals surface area contributed by atoms with Crippen LogP contribution in [0.4, 0.5) is 0 Å². The van der Waals surface area contributed by atoms with Gasteiger partial charge in [0.25, 0.3) is 8.32 Å². The van der Waals surface area contributed by atoms with Gasteiger partial charge in [0.2, 0.25) is 0 Å². The third kappa shape index (κ3) is 5.67. The molecule has 0 amide bonds. The van der Waals surface area contributed by atoms with Gasteiger partial charge >= 0.3 is 0 Å². The summed E-state index contributed by atoms with van der Waals surface area (Å²) in [7, 11) is -5.63. The van der Waals surface area contributed by atoms with Gasteiger partial charge in [0.1, 0.15) is 7.14 Å². The zero-order valence-electron chi connectivity index (χ0n) is 23.4. The van der Waals surface area contributed by atoms with Crippen LogP contribution in [0.15, 0.2) is 140 Å². The summed E-state index contributed by atoms with van der Waals surface area (Å²) in [6.07, 6.45) is 0.355. The van der Waals surface area contributed by atoms with E-state index in [2.05, 4.69) is 81.4 Å². The van der Waals surface area contributed by atoms with Crippen molar-refractivity contribution < 1.29 is 8.99 Å². The largest absolute Gasteiger partial charge is 0.402 e. The van der Waals surface area contributed by atoms with Crippen molar-refractivity contribution in [2.24, 2.45) is 0 Å². The van der Waals surface area contributed by atoms with Crippen molar-refractivity contribution in [2.45, 2.75) is 38.6 Å². The molecule has 0 aliphatic rings. The normalized spacial score (nSPS) is 12.3. The Morgan fingerprint density at radius 2 is 1.02 bits per heavy atom. The first kappa shape index (κ1) is 28.0. The molecule has 0 spiro atoms. The van der Waals surface area contributed by atoms with Crippen LogP contribution in [-0.2, 0) is 21.8 Å². The Kier molecular flexibility index (Phi) is 8.32. The van der Waals surface area contributed by atoms with E-state index >= 15 is 0 Å². The second kappa shape index (κ2) is 11.9. The second-order valence-corrected chi connectivity index (χ2v) is 18.3. The lowest BCUT2D eigenvalue weighted by Gasteiger charge is -2.43. The fraction of sp³-hybridized carbons (Fsp3) is 0.171. The molecule has 1 heterocycles. The van der Waals surface area contributed by atoms with Crippen molar-refractivity contribution in [2.75, 3.05) is 0 Å². The van der Waals surface area contributed by atoms with Crippen molar-refractivity contribution in [3.8, 4) is 0 Å². The topological polar surface area (TPSA) is 39.2 Å². The van der Waals surface area contributed by atoms with Crippen LogP contribution in [0, 0.1) is 0 Å². The number of rotatable bonds is 9. The van der Waals surface area contributed by atoms with Crippen molar-refractivity contribution in [3.63, 3.8) is 0 Å². The fourth-order valence-corrected chi connectivity index (χ4v) is 12.7. The van der Waals surface area contributed by atoms with Gasteiger partial charge in [0.15, 0.2) is 0 Å². The van der Waals surface area contributed by atoms with E-state index in [0.717, 1.165) is 22.0 Å². The van der Waals surface area contributed by atoms with Crippen LogP contribution in [0.3, 0.4) is 0 Å². The van der Waals surface area contributed by atoms with Crippen LogP contribution in [0.2, 0.25) is 5.04 Å². The number of aromatic nitrogens is 1. The molecule has 4 aromatic carbocycles. The van der Waals surface area contributed by atoms with Crippen LogP contribution in [0.25, 0.3) is 0 Å². The van der Waals surface area contributed by atoms with E-state index in [1.807, 2.05) is 78.9 Å². The highest BCUT2D eigenvalue weighted by molar-refractivity contribution is 7.78. The summed E-state index contributed by atoms with van der Waals surface area (Å²) in [4.78, 5) is 5.01. The Bertz CT molecular complexity index is 1490. The quantitative estimate of drug-likeness (QED) is 0.149. The van der Waals surface area contributed by atoms with Crippen molar-refractivity contribution >= 4 is 36.4 Å². The number of hydrogen-bond donors (Lipinski definition) is 0. The van der Waals surface area contributed by atoms with Crippen LogP contribution in [0.1, 0.15) is 32.2 Å². The molecule has 40 heavy (non-hydrogen) atoms. The molecule has 5 rings (SSSR count). The average molecular weight is 562 g/mol. The van der Waals surface area contributed by atoms with E-state index in [4.69, 9.17) is 9.41 Å². The molecule has 0 fully saturated rings. The number of pyridine rings is 1. The molecule has 0 bridgehead atoms. The Labute approximate surface area is 239 Å². The minimum atomic E-state index is -2.93. The molecule has 0 aliphatic heterocycles. The molecule has 0 N–H and O–H groups in total. The second-order valence-electron chi connectivity index (χ2n) is 11.1. The van der Waals surface area contributed by atoms with Gasteiger partial charge < -0.3 is 8.99 Å². The highest BCUT2D eigenvalue weighted by Crippen LogP contribution is 2.46. The van der Waals surface area contributed by atoms with Gasteiger partial charge in [-0.2, -0.15) is 0 Å². The smallest absolute Gasteiger partial charge is 0.261 e. The van der Waals surface area contributed by atoms with Crippen molar-refractivity contribution in [1.29, 1.82) is 0 Å². The lowest BCUT2D eigenvalue weighted by Crippen LogP contribution is -2.66. The molecular weight excluding hydrogens is 525 g/mol. The van der Waals surface area contributed by atoms with E-state index in [9.17, 15) is 4.57 Å². The molecule has 0 saturated carbocycles. The standard InChI is InChI=1S/C35H36NO2PSi/c1-35(2,3)40(33-23-12-6-13-24-33,34-25-14-7-15-26-34)38-27-29-17-16-18-30(36-29)28-39(37,31-19-8-4-9-20-31)32-21-10-5-11-22-32/h4-26H,27-28H2,1-3H3. The van der Waals surface area contributed by atoms with Crippen LogP contribution in [-0.4, -0.2) is 13.3 Å². The zero-order chi connectivity index (χ0) is 28.1. The number of benzene rings is 4. The minimum Gasteiger partial charge on any atom is -0.402 e. The van der Waals surface area contributed by atoms with Crippen molar-refractivity contribution in [1.82, 2.24) is 4.98 Å². The fourth-order valence-electron chi connectivity index (χ4n) is 5.54. The molecule has 0 atom stereocenters. The van der Waals surface area contributed by atoms with Crippen LogP contribution in [0.5, 0.6) is 0 Å². The summed E-state index contributed by atoms with van der Waals surface area (Å²) in [6.45, 7) is 7.21. The molecule has 0 aliphatic carbocycles. The molecule has 0 radical (unpaired) electrons. The van der Waals surface area contributed by atoms with Gasteiger partial charge in [-0.1, -0.05) is 148 Å². The van der Waals surface area contributed by atoms with Gasteiger partial charge in [-0.3, -0.25) is 4.98 Å². The summed E-state index contributed by atoms with van der Waals surface area (Å²) >= 11 is 0. The highest BCUT2D eigenvalue weighted by Gasteiger charge is 2.50. The Balaban J connectivity index is 1.50. The molecule has 0 saturated heterocycles. The average Bonchev–Trinajstić information content (AvgIpc) is 2.99. The summed E-state index contributed by atoms with van der Waals surface area (Å²) in [5.41, 5.74) is 1.65. The summed E-state index contributed by atoms with van der Waals surface area (Å²) in [5.74, 6) is 0. The third-order valence-electron chi connectivity index (χ3n) is 7.45. The number of hydrogen-bond acceptors (Lipinski definition) is 3. The lowest BCUT2D eigenvalue weighted by atomic mass is 10.2. The third-order valence-corrected chi connectivity index (χ3v) is 15.5. The zero-order valence-corrected chi connectivity index (χ0v) is 25.3. The number of nitrogens with zero attached hydrogens (tertiary/aromatic N) is 1. The first-order chi connectivity index (χ1) is 19.3. The van der Waals surface area contributed by atoms with E-state index < -0.39 is 15.5 Å². The van der Waals surface area contributed by atoms with E-state index in [0.29, 0.717) is 12.8 Å².